The van der Waals surface area contributed by atoms with Gasteiger partial charge < -0.3 is 15.3 Å². The van der Waals surface area contributed by atoms with Gasteiger partial charge in [-0.3, -0.25) is 5.10 Å². The molecule has 0 spiro atoms. The average molecular weight is 379 g/mol. The standard InChI is InChI=1S/C16H19BrN4O2/c17-10-5-11(16(22)23)15-12(6-10)19-20-13(15)7-18-14-8-21-3-1-9(14)2-4-21/h5-6,9,14,18H,1-4,7-8H2,(H,19,20)(H,22,23). The van der Waals surface area contributed by atoms with Gasteiger partial charge in [-0.15, -0.1) is 0 Å². The molecular weight excluding hydrogens is 360 g/mol. The normalized spacial score (nSPS) is 26.7. The molecule has 23 heavy (non-hydrogen) atoms. The van der Waals surface area contributed by atoms with Crippen LogP contribution in [0, 0.1) is 5.92 Å². The number of carbonyl (C=O) groups is 1. The first-order valence-electron chi connectivity index (χ1n) is 7.97. The molecule has 4 heterocycles. The molecule has 5 rings (SSSR count). The van der Waals surface area contributed by atoms with Crippen LogP contribution in [-0.2, 0) is 6.54 Å². The van der Waals surface area contributed by atoms with E-state index in [1.165, 1.54) is 25.9 Å². The van der Waals surface area contributed by atoms with E-state index in [1.807, 2.05) is 6.07 Å². The van der Waals surface area contributed by atoms with Gasteiger partial charge in [-0.1, -0.05) is 15.9 Å². The number of piperidine rings is 3. The number of rotatable bonds is 4. The van der Waals surface area contributed by atoms with E-state index in [-0.39, 0.29) is 5.56 Å². The molecule has 6 nitrogen and oxygen atoms in total. The SMILES string of the molecule is O=C(O)c1cc(Br)cc2[nH]nc(CNC3CN4CCC3CC4)c12. The Balaban J connectivity index is 1.58. The van der Waals surface area contributed by atoms with E-state index in [0.29, 0.717) is 18.0 Å². The molecule has 7 heteroatoms. The lowest BCUT2D eigenvalue weighted by molar-refractivity contribution is 0.0698. The van der Waals surface area contributed by atoms with Crippen LogP contribution in [0.15, 0.2) is 16.6 Å². The summed E-state index contributed by atoms with van der Waals surface area (Å²) < 4.78 is 0.739. The highest BCUT2D eigenvalue weighted by Gasteiger charge is 2.33. The van der Waals surface area contributed by atoms with Crippen LogP contribution in [0.2, 0.25) is 0 Å². The van der Waals surface area contributed by atoms with Crippen molar-refractivity contribution in [3.63, 3.8) is 0 Å². The lowest BCUT2D eigenvalue weighted by Gasteiger charge is -2.45. The van der Waals surface area contributed by atoms with Crippen LogP contribution < -0.4 is 5.32 Å². The number of halogens is 1. The van der Waals surface area contributed by atoms with E-state index < -0.39 is 5.97 Å². The van der Waals surface area contributed by atoms with Gasteiger partial charge in [-0.2, -0.15) is 5.10 Å². The number of aromatic carboxylic acids is 1. The summed E-state index contributed by atoms with van der Waals surface area (Å²) in [5, 5.41) is 21.1. The van der Waals surface area contributed by atoms with Gasteiger partial charge in [0.15, 0.2) is 0 Å². The van der Waals surface area contributed by atoms with Crippen molar-refractivity contribution in [1.82, 2.24) is 20.4 Å². The van der Waals surface area contributed by atoms with Crippen LogP contribution in [-0.4, -0.2) is 51.8 Å². The zero-order valence-electron chi connectivity index (χ0n) is 12.7. The summed E-state index contributed by atoms with van der Waals surface area (Å²) in [5.74, 6) is -0.194. The number of fused-ring (bicyclic) bond motifs is 4. The fourth-order valence-corrected chi connectivity index (χ4v) is 4.37. The minimum atomic E-state index is -0.929. The first-order chi connectivity index (χ1) is 11.1. The zero-order chi connectivity index (χ0) is 16.0. The summed E-state index contributed by atoms with van der Waals surface area (Å²) in [4.78, 5) is 14.0. The Labute approximate surface area is 142 Å². The van der Waals surface area contributed by atoms with Gasteiger partial charge in [0.1, 0.15) is 0 Å². The summed E-state index contributed by atoms with van der Waals surface area (Å²) in [6.45, 7) is 4.11. The van der Waals surface area contributed by atoms with E-state index in [4.69, 9.17) is 0 Å². The number of carboxylic acids is 1. The van der Waals surface area contributed by atoms with Crippen LogP contribution in [0.3, 0.4) is 0 Å². The maximum Gasteiger partial charge on any atom is 0.336 e. The molecule has 3 aliphatic heterocycles. The van der Waals surface area contributed by atoms with Gasteiger partial charge in [0.05, 0.1) is 16.8 Å². The number of nitrogens with zero attached hydrogens (tertiary/aromatic N) is 2. The molecular formula is C16H19BrN4O2. The quantitative estimate of drug-likeness (QED) is 0.759. The van der Waals surface area contributed by atoms with Crippen molar-refractivity contribution in [2.75, 3.05) is 19.6 Å². The highest BCUT2D eigenvalue weighted by Crippen LogP contribution is 2.29. The van der Waals surface area contributed by atoms with Gasteiger partial charge in [-0.05, 0) is 44.0 Å². The number of carboxylic acid groups (broad SMARTS) is 1. The van der Waals surface area contributed by atoms with Gasteiger partial charge in [0.25, 0.3) is 0 Å². The first kappa shape index (κ1) is 15.1. The smallest absolute Gasteiger partial charge is 0.336 e. The molecule has 2 aromatic rings. The summed E-state index contributed by atoms with van der Waals surface area (Å²) >= 11 is 3.35. The molecule has 0 amide bonds. The number of nitrogens with one attached hydrogen (secondary N) is 2. The van der Waals surface area contributed by atoms with Crippen molar-refractivity contribution >= 4 is 32.8 Å². The second-order valence-corrected chi connectivity index (χ2v) is 7.39. The number of benzene rings is 1. The molecule has 3 aliphatic rings. The van der Waals surface area contributed by atoms with Crippen molar-refractivity contribution in [3.05, 3.63) is 27.9 Å². The Morgan fingerprint density at radius 2 is 2.22 bits per heavy atom. The number of aromatic nitrogens is 2. The number of hydrogen-bond donors (Lipinski definition) is 3. The van der Waals surface area contributed by atoms with Crippen LogP contribution in [0.5, 0.6) is 0 Å². The van der Waals surface area contributed by atoms with Gasteiger partial charge >= 0.3 is 5.97 Å². The molecule has 3 N–H and O–H groups in total. The van der Waals surface area contributed by atoms with Crippen molar-refractivity contribution in [3.8, 4) is 0 Å². The maximum atomic E-state index is 11.5. The fraction of sp³-hybridized carbons (Fsp3) is 0.500. The third-order valence-electron chi connectivity index (χ3n) is 5.12. The van der Waals surface area contributed by atoms with Gasteiger partial charge in [0.2, 0.25) is 0 Å². The minimum Gasteiger partial charge on any atom is -0.478 e. The molecule has 3 fully saturated rings. The lowest BCUT2D eigenvalue weighted by Crippen LogP contribution is -2.55. The van der Waals surface area contributed by atoms with Crippen LogP contribution in [0.4, 0.5) is 0 Å². The van der Waals surface area contributed by atoms with E-state index in [9.17, 15) is 9.90 Å². The predicted molar refractivity (Wildman–Crippen MR) is 90.5 cm³/mol. The Morgan fingerprint density at radius 1 is 1.43 bits per heavy atom. The Kier molecular flexibility index (Phi) is 3.87. The Hall–Kier alpha value is -1.44. The van der Waals surface area contributed by atoms with Crippen molar-refractivity contribution < 1.29 is 9.90 Å². The van der Waals surface area contributed by atoms with E-state index in [2.05, 4.69) is 36.3 Å². The maximum absolute atomic E-state index is 11.5. The third kappa shape index (κ3) is 2.77. The zero-order valence-corrected chi connectivity index (χ0v) is 14.3. The molecule has 1 aromatic carbocycles. The summed E-state index contributed by atoms with van der Waals surface area (Å²) in [5.41, 5.74) is 1.82. The number of hydrogen-bond acceptors (Lipinski definition) is 4. The molecule has 2 bridgehead atoms. The molecule has 0 saturated carbocycles. The summed E-state index contributed by atoms with van der Waals surface area (Å²) in [7, 11) is 0. The Morgan fingerprint density at radius 3 is 2.87 bits per heavy atom. The molecule has 1 unspecified atom stereocenters. The summed E-state index contributed by atoms with van der Waals surface area (Å²) in [6, 6.07) is 3.98. The first-order valence-corrected chi connectivity index (χ1v) is 8.76. The van der Waals surface area contributed by atoms with Crippen molar-refractivity contribution in [2.24, 2.45) is 5.92 Å². The van der Waals surface area contributed by atoms with E-state index in [0.717, 1.165) is 28.1 Å². The summed E-state index contributed by atoms with van der Waals surface area (Å²) in [6.07, 6.45) is 2.51. The number of aromatic amines is 1. The van der Waals surface area contributed by atoms with Crippen LogP contribution >= 0.6 is 15.9 Å². The van der Waals surface area contributed by atoms with Crippen LogP contribution in [0.25, 0.3) is 10.9 Å². The van der Waals surface area contributed by atoms with Crippen LogP contribution in [0.1, 0.15) is 28.9 Å². The molecule has 0 radical (unpaired) electrons. The van der Waals surface area contributed by atoms with Gasteiger partial charge in [0, 0.05) is 29.0 Å². The topological polar surface area (TPSA) is 81.2 Å². The second kappa shape index (κ2) is 5.89. The average Bonchev–Trinajstić information content (AvgIpc) is 2.96. The van der Waals surface area contributed by atoms with Gasteiger partial charge in [-0.25, -0.2) is 4.79 Å². The van der Waals surface area contributed by atoms with Crippen molar-refractivity contribution in [1.29, 1.82) is 0 Å². The van der Waals surface area contributed by atoms with E-state index >= 15 is 0 Å². The molecule has 1 aromatic heterocycles. The van der Waals surface area contributed by atoms with E-state index in [1.54, 1.807) is 6.07 Å². The molecule has 1 atom stereocenters. The largest absolute Gasteiger partial charge is 0.478 e. The second-order valence-electron chi connectivity index (χ2n) is 6.48. The highest BCUT2D eigenvalue weighted by molar-refractivity contribution is 9.10. The third-order valence-corrected chi connectivity index (χ3v) is 5.58. The fourth-order valence-electron chi connectivity index (χ4n) is 3.91. The molecule has 0 aliphatic carbocycles. The predicted octanol–water partition coefficient (Wildman–Crippen LogP) is 2.21. The number of H-pyrrole nitrogens is 1. The van der Waals surface area contributed by atoms with Crippen molar-refractivity contribution in [2.45, 2.75) is 25.4 Å². The molecule has 3 saturated heterocycles. The Bertz CT molecular complexity index is 752. The monoisotopic (exact) mass is 378 g/mol. The lowest BCUT2D eigenvalue weighted by atomic mass is 9.84. The molecule has 122 valence electrons. The highest BCUT2D eigenvalue weighted by atomic mass is 79.9. The minimum absolute atomic E-state index is 0.286.